The van der Waals surface area contributed by atoms with Crippen molar-refractivity contribution < 1.29 is 22.7 Å². The number of nitrogens with zero attached hydrogens (tertiary/aromatic N) is 6. The Morgan fingerprint density at radius 3 is 2.68 bits per heavy atom. The number of benzene rings is 1. The van der Waals surface area contributed by atoms with Crippen molar-refractivity contribution in [1.82, 2.24) is 19.8 Å². The number of hydrogen-bond donors (Lipinski definition) is 0. The molecule has 2 aromatic rings. The third kappa shape index (κ3) is 4.80. The summed E-state index contributed by atoms with van der Waals surface area (Å²) < 4.78 is 47.8. The van der Waals surface area contributed by atoms with Crippen LogP contribution < -0.4 is 9.64 Å². The molecule has 1 amide bonds. The molecule has 1 aromatic carbocycles. The summed E-state index contributed by atoms with van der Waals surface area (Å²) in [6, 6.07) is 7.28. The standard InChI is InChI=1S/C27H29F3N6O2/c1-3-22(37)36-16-26(17-36)10-12-35(15-26)24-20(13-31)23(19-8-4-5-9-21(19)27(28,29)30)32-25(33-24)38-14-18-7-6-11-34(18)2/h3-5,8-9,18H,1,6-7,10-12,14-17H2,2H3/t18-/m0/s1. The second-order valence-electron chi connectivity index (χ2n) is 10.4. The average Bonchev–Trinajstić information content (AvgIpc) is 3.51. The minimum Gasteiger partial charge on any atom is -0.462 e. The summed E-state index contributed by atoms with van der Waals surface area (Å²) >= 11 is 0. The van der Waals surface area contributed by atoms with E-state index in [-0.39, 0.29) is 46.0 Å². The third-order valence-electron chi connectivity index (χ3n) is 7.82. The van der Waals surface area contributed by atoms with Crippen molar-refractivity contribution in [3.8, 4) is 23.3 Å². The molecule has 5 rings (SSSR count). The van der Waals surface area contributed by atoms with E-state index in [1.54, 1.807) is 4.90 Å². The molecule has 1 spiro atoms. The highest BCUT2D eigenvalue weighted by Crippen LogP contribution is 2.44. The largest absolute Gasteiger partial charge is 0.462 e. The molecule has 3 saturated heterocycles. The first kappa shape index (κ1) is 26.0. The van der Waals surface area contributed by atoms with Crippen LogP contribution in [-0.4, -0.2) is 78.1 Å². The number of hydrogen-bond acceptors (Lipinski definition) is 7. The number of carbonyl (C=O) groups is 1. The van der Waals surface area contributed by atoms with Crippen LogP contribution in [-0.2, 0) is 11.0 Å². The highest BCUT2D eigenvalue weighted by Gasteiger charge is 2.49. The molecule has 1 atom stereocenters. The van der Waals surface area contributed by atoms with Crippen LogP contribution in [0.1, 0.15) is 30.4 Å². The number of aromatic nitrogens is 2. The van der Waals surface area contributed by atoms with Crippen molar-refractivity contribution in [2.45, 2.75) is 31.5 Å². The minimum absolute atomic E-state index is 0.0255. The Labute approximate surface area is 219 Å². The SMILES string of the molecule is C=CC(=O)N1CC2(CCN(c3nc(OC[C@@H]4CCCN4C)nc(-c4ccccc4C(F)(F)F)c3C#N)C2)C1. The molecule has 38 heavy (non-hydrogen) atoms. The number of rotatable bonds is 6. The van der Waals surface area contributed by atoms with Gasteiger partial charge in [0, 0.05) is 43.2 Å². The third-order valence-corrected chi connectivity index (χ3v) is 7.82. The van der Waals surface area contributed by atoms with Crippen LogP contribution >= 0.6 is 0 Å². The fourth-order valence-corrected chi connectivity index (χ4v) is 5.74. The van der Waals surface area contributed by atoms with Crippen LogP contribution in [0.25, 0.3) is 11.3 Å². The maximum absolute atomic E-state index is 13.9. The van der Waals surface area contributed by atoms with E-state index in [9.17, 15) is 23.2 Å². The highest BCUT2D eigenvalue weighted by molar-refractivity contribution is 5.87. The van der Waals surface area contributed by atoms with Gasteiger partial charge in [0.05, 0.1) is 11.3 Å². The number of carbonyl (C=O) groups excluding carboxylic acids is 1. The molecule has 0 saturated carbocycles. The van der Waals surface area contributed by atoms with E-state index in [2.05, 4.69) is 27.5 Å². The maximum atomic E-state index is 13.9. The maximum Gasteiger partial charge on any atom is 0.417 e. The van der Waals surface area contributed by atoms with Crippen LogP contribution in [0.5, 0.6) is 6.01 Å². The van der Waals surface area contributed by atoms with Gasteiger partial charge in [-0.05, 0) is 45.0 Å². The number of anilines is 1. The monoisotopic (exact) mass is 526 g/mol. The number of nitriles is 1. The molecule has 1 aromatic heterocycles. The summed E-state index contributed by atoms with van der Waals surface area (Å²) in [5, 5.41) is 10.1. The normalized spacial score (nSPS) is 20.9. The lowest BCUT2D eigenvalue weighted by molar-refractivity contribution is -0.137. The van der Waals surface area contributed by atoms with Crippen LogP contribution in [0, 0.1) is 16.7 Å². The van der Waals surface area contributed by atoms with Crippen LogP contribution in [0.4, 0.5) is 19.0 Å². The van der Waals surface area contributed by atoms with E-state index in [4.69, 9.17) is 4.74 Å². The molecule has 0 N–H and O–H groups in total. The number of halogens is 3. The van der Waals surface area contributed by atoms with Crippen LogP contribution in [0.3, 0.4) is 0 Å². The van der Waals surface area contributed by atoms with E-state index in [0.29, 0.717) is 32.8 Å². The van der Waals surface area contributed by atoms with Crippen molar-refractivity contribution in [1.29, 1.82) is 5.26 Å². The van der Waals surface area contributed by atoms with Gasteiger partial charge in [-0.1, -0.05) is 24.8 Å². The molecule has 3 aliphatic heterocycles. The first-order chi connectivity index (χ1) is 18.1. The van der Waals surface area contributed by atoms with Crippen LogP contribution in [0.2, 0.25) is 0 Å². The summed E-state index contributed by atoms with van der Waals surface area (Å²) in [5.41, 5.74) is -1.35. The topological polar surface area (TPSA) is 85.6 Å². The number of amides is 1. The van der Waals surface area contributed by atoms with Crippen molar-refractivity contribution in [2.24, 2.45) is 5.41 Å². The molecule has 8 nitrogen and oxygen atoms in total. The van der Waals surface area contributed by atoms with Gasteiger partial charge in [-0.3, -0.25) is 4.79 Å². The first-order valence-electron chi connectivity index (χ1n) is 12.6. The van der Waals surface area contributed by atoms with Crippen LogP contribution in [0.15, 0.2) is 36.9 Å². The quantitative estimate of drug-likeness (QED) is 0.531. The van der Waals surface area contributed by atoms with Crippen molar-refractivity contribution in [3.05, 3.63) is 48.0 Å². The van der Waals surface area contributed by atoms with E-state index in [1.165, 1.54) is 24.3 Å². The minimum atomic E-state index is -4.63. The molecule has 0 bridgehead atoms. The summed E-state index contributed by atoms with van der Waals surface area (Å²) in [6.45, 7) is 6.96. The van der Waals surface area contributed by atoms with Gasteiger partial charge >= 0.3 is 12.2 Å². The van der Waals surface area contributed by atoms with E-state index in [0.717, 1.165) is 31.9 Å². The predicted octanol–water partition coefficient (Wildman–Crippen LogP) is 3.73. The Hall–Kier alpha value is -3.65. The Balaban J connectivity index is 1.52. The molecular formula is C27H29F3N6O2. The molecule has 11 heteroatoms. The molecule has 0 unspecified atom stereocenters. The average molecular weight is 527 g/mol. The number of likely N-dealkylation sites (tertiary alicyclic amines) is 2. The Morgan fingerprint density at radius 1 is 1.26 bits per heavy atom. The van der Waals surface area contributed by atoms with E-state index >= 15 is 0 Å². The van der Waals surface area contributed by atoms with Gasteiger partial charge in [0.1, 0.15) is 18.2 Å². The molecule has 0 aliphatic carbocycles. The van der Waals surface area contributed by atoms with E-state index in [1.807, 2.05) is 11.9 Å². The zero-order chi connectivity index (χ0) is 27.1. The molecule has 3 aliphatic rings. The second-order valence-corrected chi connectivity index (χ2v) is 10.4. The zero-order valence-corrected chi connectivity index (χ0v) is 21.2. The summed E-state index contributed by atoms with van der Waals surface area (Å²) in [6.07, 6.45) is -0.603. The van der Waals surface area contributed by atoms with Gasteiger partial charge in [-0.15, -0.1) is 0 Å². The lowest BCUT2D eigenvalue weighted by Crippen LogP contribution is -2.59. The van der Waals surface area contributed by atoms with Gasteiger partial charge in [-0.2, -0.15) is 28.4 Å². The second kappa shape index (κ2) is 9.91. The van der Waals surface area contributed by atoms with Gasteiger partial charge in [0.2, 0.25) is 5.91 Å². The Bertz CT molecular complexity index is 1280. The van der Waals surface area contributed by atoms with Gasteiger partial charge in [0.25, 0.3) is 0 Å². The molecular weight excluding hydrogens is 497 g/mol. The van der Waals surface area contributed by atoms with Gasteiger partial charge in [0.15, 0.2) is 5.82 Å². The fraction of sp³-hybridized carbons (Fsp3) is 0.481. The van der Waals surface area contributed by atoms with E-state index < -0.39 is 11.7 Å². The number of likely N-dealkylation sites (N-methyl/N-ethyl adjacent to an activating group) is 1. The summed E-state index contributed by atoms with van der Waals surface area (Å²) in [5.74, 6) is 0.127. The zero-order valence-electron chi connectivity index (χ0n) is 21.2. The Kier molecular flexibility index (Phi) is 6.77. The van der Waals surface area contributed by atoms with Crippen molar-refractivity contribution in [2.75, 3.05) is 51.3 Å². The molecule has 4 heterocycles. The van der Waals surface area contributed by atoms with Gasteiger partial charge in [-0.25, -0.2) is 0 Å². The lowest BCUT2D eigenvalue weighted by atomic mass is 9.79. The van der Waals surface area contributed by atoms with Gasteiger partial charge < -0.3 is 19.4 Å². The number of alkyl halides is 3. The predicted molar refractivity (Wildman–Crippen MR) is 134 cm³/mol. The van der Waals surface area contributed by atoms with Crippen molar-refractivity contribution >= 4 is 11.7 Å². The molecule has 0 radical (unpaired) electrons. The first-order valence-corrected chi connectivity index (χ1v) is 12.6. The summed E-state index contributed by atoms with van der Waals surface area (Å²) in [4.78, 5) is 26.7. The fourth-order valence-electron chi connectivity index (χ4n) is 5.74. The lowest BCUT2D eigenvalue weighted by Gasteiger charge is -2.47. The molecule has 200 valence electrons. The summed E-state index contributed by atoms with van der Waals surface area (Å²) in [7, 11) is 2.00. The molecule has 3 fully saturated rings. The smallest absolute Gasteiger partial charge is 0.417 e. The highest BCUT2D eigenvalue weighted by atomic mass is 19.4. The number of ether oxygens (including phenoxy) is 1. The van der Waals surface area contributed by atoms with Crippen molar-refractivity contribution in [3.63, 3.8) is 0 Å². The Morgan fingerprint density at radius 2 is 2.03 bits per heavy atom.